The summed E-state index contributed by atoms with van der Waals surface area (Å²) < 4.78 is 16.9. The predicted octanol–water partition coefficient (Wildman–Crippen LogP) is 4.57. The van der Waals surface area contributed by atoms with Crippen LogP contribution in [0.15, 0.2) is 66.7 Å². The van der Waals surface area contributed by atoms with E-state index >= 15 is 0 Å². The van der Waals surface area contributed by atoms with Gasteiger partial charge in [0.05, 0.1) is 17.6 Å². The number of nitro groups is 1. The summed E-state index contributed by atoms with van der Waals surface area (Å²) in [5.74, 6) is 1.54. The largest absolute Gasteiger partial charge is 0.493 e. The standard InChI is InChI=1S/C22H19NO6/c1-27-21-10-7-17(11-22(21)29-14-16-5-3-2-4-6-16)15-28-19-8-9-20(23(25)26)18(12-19)13-24/h2-13H,14-15H2,1H3. The normalized spacial score (nSPS) is 10.2. The van der Waals surface area contributed by atoms with Crippen LogP contribution in [0.2, 0.25) is 0 Å². The van der Waals surface area contributed by atoms with E-state index in [1.54, 1.807) is 13.2 Å². The first-order valence-electron chi connectivity index (χ1n) is 8.80. The van der Waals surface area contributed by atoms with E-state index in [1.807, 2.05) is 42.5 Å². The Kier molecular flexibility index (Phi) is 6.42. The van der Waals surface area contributed by atoms with Gasteiger partial charge < -0.3 is 14.2 Å². The second-order valence-corrected chi connectivity index (χ2v) is 6.14. The first-order chi connectivity index (χ1) is 14.1. The van der Waals surface area contributed by atoms with Gasteiger partial charge in [-0.2, -0.15) is 0 Å². The zero-order valence-corrected chi connectivity index (χ0v) is 15.7. The van der Waals surface area contributed by atoms with Crippen LogP contribution < -0.4 is 14.2 Å². The van der Waals surface area contributed by atoms with Gasteiger partial charge in [0, 0.05) is 6.07 Å². The lowest BCUT2D eigenvalue weighted by molar-refractivity contribution is -0.385. The molecule has 7 nitrogen and oxygen atoms in total. The molecule has 0 N–H and O–H groups in total. The fourth-order valence-corrected chi connectivity index (χ4v) is 2.71. The van der Waals surface area contributed by atoms with Crippen molar-refractivity contribution in [2.45, 2.75) is 13.2 Å². The zero-order valence-electron chi connectivity index (χ0n) is 15.7. The van der Waals surface area contributed by atoms with Gasteiger partial charge in [-0.3, -0.25) is 14.9 Å². The summed E-state index contributed by atoms with van der Waals surface area (Å²) in [6, 6.07) is 19.3. The third kappa shape index (κ3) is 5.10. The van der Waals surface area contributed by atoms with Gasteiger partial charge in [0.15, 0.2) is 17.8 Å². The number of carbonyl (C=O) groups excluding carboxylic acids is 1. The fraction of sp³-hybridized carbons (Fsp3) is 0.136. The molecule has 3 rings (SSSR count). The number of methoxy groups -OCH3 is 1. The van der Waals surface area contributed by atoms with Crippen molar-refractivity contribution in [2.24, 2.45) is 0 Å². The lowest BCUT2D eigenvalue weighted by Crippen LogP contribution is -2.01. The summed E-state index contributed by atoms with van der Waals surface area (Å²) >= 11 is 0. The van der Waals surface area contributed by atoms with Crippen molar-refractivity contribution in [3.8, 4) is 17.2 Å². The number of rotatable bonds is 9. The van der Waals surface area contributed by atoms with Crippen molar-refractivity contribution in [3.63, 3.8) is 0 Å². The lowest BCUT2D eigenvalue weighted by atomic mass is 10.2. The second kappa shape index (κ2) is 9.36. The molecular weight excluding hydrogens is 374 g/mol. The van der Waals surface area contributed by atoms with Crippen LogP contribution in [0.5, 0.6) is 17.2 Å². The Morgan fingerprint density at radius 3 is 2.34 bits per heavy atom. The monoisotopic (exact) mass is 393 g/mol. The molecule has 0 unspecified atom stereocenters. The molecule has 0 aliphatic rings. The van der Waals surface area contributed by atoms with Gasteiger partial charge in [-0.1, -0.05) is 36.4 Å². The Balaban J connectivity index is 1.71. The van der Waals surface area contributed by atoms with Gasteiger partial charge in [0.2, 0.25) is 0 Å². The molecule has 148 valence electrons. The average Bonchev–Trinajstić information content (AvgIpc) is 2.76. The molecule has 0 atom stereocenters. The quantitative estimate of drug-likeness (QED) is 0.300. The molecule has 0 aliphatic heterocycles. The number of nitrogens with zero attached hydrogens (tertiary/aromatic N) is 1. The minimum atomic E-state index is -0.604. The molecule has 0 aromatic heterocycles. The summed E-state index contributed by atoms with van der Waals surface area (Å²) in [7, 11) is 1.57. The van der Waals surface area contributed by atoms with Crippen molar-refractivity contribution in [1.82, 2.24) is 0 Å². The van der Waals surface area contributed by atoms with E-state index in [1.165, 1.54) is 18.2 Å². The fourth-order valence-electron chi connectivity index (χ4n) is 2.71. The molecule has 0 spiro atoms. The molecule has 3 aromatic carbocycles. The van der Waals surface area contributed by atoms with Crippen LogP contribution in [-0.2, 0) is 13.2 Å². The SMILES string of the molecule is COc1ccc(COc2ccc([N+](=O)[O-])c(C=O)c2)cc1OCc1ccccc1. The number of hydrogen-bond donors (Lipinski definition) is 0. The van der Waals surface area contributed by atoms with Gasteiger partial charge in [-0.15, -0.1) is 0 Å². The molecule has 3 aromatic rings. The molecule has 0 aliphatic carbocycles. The molecule has 0 saturated carbocycles. The molecule has 0 radical (unpaired) electrons. The van der Waals surface area contributed by atoms with Crippen molar-refractivity contribution >= 4 is 12.0 Å². The van der Waals surface area contributed by atoms with Gasteiger partial charge in [-0.05, 0) is 35.4 Å². The second-order valence-electron chi connectivity index (χ2n) is 6.14. The Morgan fingerprint density at radius 1 is 0.897 bits per heavy atom. The summed E-state index contributed by atoms with van der Waals surface area (Å²) in [6.45, 7) is 0.592. The van der Waals surface area contributed by atoms with E-state index < -0.39 is 4.92 Å². The van der Waals surface area contributed by atoms with Crippen LogP contribution in [0.25, 0.3) is 0 Å². The maximum atomic E-state index is 11.1. The van der Waals surface area contributed by atoms with Crippen molar-refractivity contribution in [1.29, 1.82) is 0 Å². The summed E-state index contributed by atoms with van der Waals surface area (Å²) in [6.07, 6.45) is 0.438. The molecular formula is C22H19NO6. The lowest BCUT2D eigenvalue weighted by Gasteiger charge is -2.13. The highest BCUT2D eigenvalue weighted by molar-refractivity contribution is 5.82. The molecule has 0 saturated heterocycles. The van der Waals surface area contributed by atoms with E-state index in [4.69, 9.17) is 14.2 Å². The molecule has 7 heteroatoms. The molecule has 0 bridgehead atoms. The highest BCUT2D eigenvalue weighted by Gasteiger charge is 2.14. The number of ether oxygens (including phenoxy) is 3. The Morgan fingerprint density at radius 2 is 1.66 bits per heavy atom. The minimum Gasteiger partial charge on any atom is -0.493 e. The molecule has 29 heavy (non-hydrogen) atoms. The first kappa shape index (κ1) is 19.9. The van der Waals surface area contributed by atoms with E-state index in [2.05, 4.69) is 0 Å². The van der Waals surface area contributed by atoms with Crippen molar-refractivity contribution in [3.05, 3.63) is 93.5 Å². The minimum absolute atomic E-state index is 0.0332. The Labute approximate surface area is 167 Å². The third-order valence-corrected chi connectivity index (χ3v) is 4.19. The zero-order chi connectivity index (χ0) is 20.6. The van der Waals surface area contributed by atoms with Crippen LogP contribution >= 0.6 is 0 Å². The maximum Gasteiger partial charge on any atom is 0.280 e. The first-order valence-corrected chi connectivity index (χ1v) is 8.80. The van der Waals surface area contributed by atoms with Crippen LogP contribution in [0.4, 0.5) is 5.69 Å². The highest BCUT2D eigenvalue weighted by atomic mass is 16.6. The van der Waals surface area contributed by atoms with Crippen LogP contribution in [0.3, 0.4) is 0 Å². The van der Waals surface area contributed by atoms with E-state index in [0.29, 0.717) is 30.1 Å². The molecule has 0 amide bonds. The van der Waals surface area contributed by atoms with Crippen LogP contribution in [0, 0.1) is 10.1 Å². The summed E-state index contributed by atoms with van der Waals surface area (Å²) in [4.78, 5) is 21.4. The Bertz CT molecular complexity index is 1000. The smallest absolute Gasteiger partial charge is 0.280 e. The highest BCUT2D eigenvalue weighted by Crippen LogP contribution is 2.30. The van der Waals surface area contributed by atoms with Crippen LogP contribution in [0.1, 0.15) is 21.5 Å². The molecule has 0 heterocycles. The van der Waals surface area contributed by atoms with Crippen molar-refractivity contribution in [2.75, 3.05) is 7.11 Å². The van der Waals surface area contributed by atoms with Gasteiger partial charge in [-0.25, -0.2) is 0 Å². The van der Waals surface area contributed by atoms with E-state index in [9.17, 15) is 14.9 Å². The molecule has 0 fully saturated rings. The van der Waals surface area contributed by atoms with Crippen LogP contribution in [-0.4, -0.2) is 18.3 Å². The summed E-state index contributed by atoms with van der Waals surface area (Å²) in [5.41, 5.74) is 1.56. The average molecular weight is 393 g/mol. The van der Waals surface area contributed by atoms with Gasteiger partial charge >= 0.3 is 0 Å². The topological polar surface area (TPSA) is 87.9 Å². The van der Waals surface area contributed by atoms with Gasteiger partial charge in [0.25, 0.3) is 5.69 Å². The Hall–Kier alpha value is -3.87. The number of nitro benzene ring substituents is 1. The number of aldehydes is 1. The number of benzene rings is 3. The maximum absolute atomic E-state index is 11.1. The third-order valence-electron chi connectivity index (χ3n) is 4.19. The predicted molar refractivity (Wildman–Crippen MR) is 107 cm³/mol. The summed E-state index contributed by atoms with van der Waals surface area (Å²) in [5, 5.41) is 10.9. The number of hydrogen-bond acceptors (Lipinski definition) is 6. The van der Waals surface area contributed by atoms with E-state index in [-0.39, 0.29) is 17.9 Å². The van der Waals surface area contributed by atoms with E-state index in [0.717, 1.165) is 11.1 Å². The van der Waals surface area contributed by atoms with Gasteiger partial charge in [0.1, 0.15) is 19.0 Å². The van der Waals surface area contributed by atoms with Crippen molar-refractivity contribution < 1.29 is 23.9 Å². The number of carbonyl (C=O) groups is 1.